The molecule has 0 aromatic carbocycles. The Kier molecular flexibility index (Phi) is 5.01. The van der Waals surface area contributed by atoms with Gasteiger partial charge in [0.25, 0.3) is 5.56 Å². The molecule has 0 spiro atoms. The van der Waals surface area contributed by atoms with Gasteiger partial charge in [-0.2, -0.15) is 0 Å². The fourth-order valence-electron chi connectivity index (χ4n) is 2.45. The lowest BCUT2D eigenvalue weighted by atomic mass is 9.96. The second-order valence-electron chi connectivity index (χ2n) is 6.00. The second kappa shape index (κ2) is 6.58. The summed E-state index contributed by atoms with van der Waals surface area (Å²) in [5, 5.41) is 2.04. The number of hydrogen-bond donors (Lipinski definition) is 1. The summed E-state index contributed by atoms with van der Waals surface area (Å²) in [5.41, 5.74) is 7.25. The van der Waals surface area contributed by atoms with Gasteiger partial charge in [-0.3, -0.25) is 4.79 Å². The molecule has 0 radical (unpaired) electrons. The Bertz CT molecular complexity index is 636. The summed E-state index contributed by atoms with van der Waals surface area (Å²) in [6.07, 6.45) is 3.29. The van der Waals surface area contributed by atoms with E-state index in [1.54, 1.807) is 11.3 Å². The van der Waals surface area contributed by atoms with Crippen LogP contribution < -0.4 is 11.3 Å². The molecule has 0 aliphatic heterocycles. The molecule has 3 nitrogen and oxygen atoms in total. The largest absolute Gasteiger partial charge is 0.322 e. The van der Waals surface area contributed by atoms with Crippen LogP contribution in [0.2, 0.25) is 0 Å². The SMILES string of the molecule is CCCCCn1c(-c2cccs2)ccc(C(C)(C)N)c1=O. The van der Waals surface area contributed by atoms with E-state index >= 15 is 0 Å². The van der Waals surface area contributed by atoms with Crippen molar-refractivity contribution in [3.63, 3.8) is 0 Å². The number of unbranched alkanes of at least 4 members (excludes halogenated alkanes) is 2. The highest BCUT2D eigenvalue weighted by Gasteiger charge is 2.21. The Morgan fingerprint density at radius 3 is 2.57 bits per heavy atom. The molecule has 2 N–H and O–H groups in total. The molecule has 2 aromatic heterocycles. The molecular weight excluding hydrogens is 280 g/mol. The maximum absolute atomic E-state index is 12.8. The number of nitrogens with zero attached hydrogens (tertiary/aromatic N) is 1. The maximum atomic E-state index is 12.8. The minimum atomic E-state index is -0.614. The molecular formula is C17H24N2OS. The number of nitrogens with two attached hydrogens (primary N) is 1. The lowest BCUT2D eigenvalue weighted by Crippen LogP contribution is -2.38. The molecule has 0 amide bonds. The molecule has 0 fully saturated rings. The Morgan fingerprint density at radius 1 is 1.24 bits per heavy atom. The summed E-state index contributed by atoms with van der Waals surface area (Å²) in [7, 11) is 0. The molecule has 0 bridgehead atoms. The van der Waals surface area contributed by atoms with Crippen LogP contribution in [-0.4, -0.2) is 4.57 Å². The minimum absolute atomic E-state index is 0.0458. The second-order valence-corrected chi connectivity index (χ2v) is 6.94. The first-order valence-corrected chi connectivity index (χ1v) is 8.40. The number of rotatable bonds is 6. The van der Waals surface area contributed by atoms with Gasteiger partial charge >= 0.3 is 0 Å². The molecule has 2 aromatic rings. The van der Waals surface area contributed by atoms with E-state index in [4.69, 9.17) is 5.73 Å². The van der Waals surface area contributed by atoms with Gasteiger partial charge in [0.05, 0.1) is 10.6 Å². The zero-order chi connectivity index (χ0) is 15.5. The Balaban J connectivity index is 2.51. The van der Waals surface area contributed by atoms with Crippen LogP contribution in [-0.2, 0) is 12.1 Å². The van der Waals surface area contributed by atoms with Crippen molar-refractivity contribution in [2.45, 2.75) is 52.1 Å². The van der Waals surface area contributed by atoms with E-state index in [1.165, 1.54) is 0 Å². The van der Waals surface area contributed by atoms with Crippen LogP contribution in [0, 0.1) is 0 Å². The minimum Gasteiger partial charge on any atom is -0.322 e. The van der Waals surface area contributed by atoms with Crippen molar-refractivity contribution in [3.8, 4) is 10.6 Å². The summed E-state index contributed by atoms with van der Waals surface area (Å²) < 4.78 is 1.89. The first-order chi connectivity index (χ1) is 9.95. The van der Waals surface area contributed by atoms with Crippen molar-refractivity contribution in [1.29, 1.82) is 0 Å². The molecule has 0 saturated carbocycles. The predicted molar refractivity (Wildman–Crippen MR) is 90.8 cm³/mol. The topological polar surface area (TPSA) is 48.0 Å². The quantitative estimate of drug-likeness (QED) is 0.821. The van der Waals surface area contributed by atoms with Gasteiger partial charge in [0.15, 0.2) is 0 Å². The van der Waals surface area contributed by atoms with E-state index < -0.39 is 5.54 Å². The first-order valence-electron chi connectivity index (χ1n) is 7.52. The van der Waals surface area contributed by atoms with Crippen LogP contribution in [0.5, 0.6) is 0 Å². The molecule has 2 heterocycles. The summed E-state index contributed by atoms with van der Waals surface area (Å²) in [5.74, 6) is 0. The predicted octanol–water partition coefficient (Wildman–Crippen LogP) is 3.96. The molecule has 21 heavy (non-hydrogen) atoms. The lowest BCUT2D eigenvalue weighted by Gasteiger charge is -2.21. The fraction of sp³-hybridized carbons (Fsp3) is 0.471. The van der Waals surface area contributed by atoms with Gasteiger partial charge in [-0.15, -0.1) is 11.3 Å². The highest BCUT2D eigenvalue weighted by atomic mass is 32.1. The van der Waals surface area contributed by atoms with Gasteiger partial charge in [0.2, 0.25) is 0 Å². The molecule has 114 valence electrons. The average Bonchev–Trinajstić information content (AvgIpc) is 2.93. The third-order valence-electron chi connectivity index (χ3n) is 3.63. The van der Waals surface area contributed by atoms with Gasteiger partial charge in [-0.25, -0.2) is 0 Å². The monoisotopic (exact) mass is 304 g/mol. The van der Waals surface area contributed by atoms with Crippen molar-refractivity contribution in [2.24, 2.45) is 5.73 Å². The van der Waals surface area contributed by atoms with E-state index in [2.05, 4.69) is 13.0 Å². The Hall–Kier alpha value is -1.39. The molecule has 0 saturated heterocycles. The van der Waals surface area contributed by atoms with Crippen LogP contribution in [0.1, 0.15) is 45.6 Å². The van der Waals surface area contributed by atoms with Gasteiger partial charge in [0.1, 0.15) is 0 Å². The van der Waals surface area contributed by atoms with Crippen molar-refractivity contribution in [2.75, 3.05) is 0 Å². The smallest absolute Gasteiger partial charge is 0.256 e. The molecule has 0 aliphatic carbocycles. The summed E-state index contributed by atoms with van der Waals surface area (Å²) in [6, 6.07) is 7.99. The van der Waals surface area contributed by atoms with E-state index in [9.17, 15) is 4.79 Å². The van der Waals surface area contributed by atoms with E-state index in [1.807, 2.05) is 42.0 Å². The third kappa shape index (κ3) is 3.63. The van der Waals surface area contributed by atoms with Crippen LogP contribution in [0.4, 0.5) is 0 Å². The van der Waals surface area contributed by atoms with Gasteiger partial charge < -0.3 is 10.3 Å². The molecule has 0 unspecified atom stereocenters. The normalized spacial score (nSPS) is 11.8. The van der Waals surface area contributed by atoms with Gasteiger partial charge in [-0.1, -0.05) is 25.8 Å². The first kappa shape index (κ1) is 16.0. The standard InChI is InChI=1S/C17H24N2OS/c1-4-5-6-11-19-14(15-8-7-12-21-15)10-9-13(16(19)20)17(2,3)18/h7-10,12H,4-6,11,18H2,1-3H3. The number of thiophene rings is 1. The summed E-state index contributed by atoms with van der Waals surface area (Å²) in [6.45, 7) is 6.68. The van der Waals surface area contributed by atoms with E-state index in [0.29, 0.717) is 5.56 Å². The maximum Gasteiger partial charge on any atom is 0.256 e. The molecule has 0 atom stereocenters. The number of pyridine rings is 1. The van der Waals surface area contributed by atoms with Gasteiger partial charge in [0, 0.05) is 17.6 Å². The average molecular weight is 304 g/mol. The number of aromatic nitrogens is 1. The third-order valence-corrected chi connectivity index (χ3v) is 4.52. The van der Waals surface area contributed by atoms with Crippen molar-refractivity contribution >= 4 is 11.3 Å². The molecule has 2 rings (SSSR count). The highest BCUT2D eigenvalue weighted by Crippen LogP contribution is 2.25. The Labute approximate surface area is 130 Å². The van der Waals surface area contributed by atoms with Crippen molar-refractivity contribution in [3.05, 3.63) is 45.6 Å². The van der Waals surface area contributed by atoms with Crippen LogP contribution >= 0.6 is 11.3 Å². The van der Waals surface area contributed by atoms with Crippen LogP contribution in [0.25, 0.3) is 10.6 Å². The Morgan fingerprint density at radius 2 is 2.00 bits per heavy atom. The lowest BCUT2D eigenvalue weighted by molar-refractivity contribution is 0.525. The summed E-state index contributed by atoms with van der Waals surface area (Å²) >= 11 is 1.66. The fourth-order valence-corrected chi connectivity index (χ4v) is 3.21. The van der Waals surface area contributed by atoms with E-state index in [0.717, 1.165) is 36.4 Å². The van der Waals surface area contributed by atoms with Crippen LogP contribution in [0.15, 0.2) is 34.4 Å². The summed E-state index contributed by atoms with van der Waals surface area (Å²) in [4.78, 5) is 13.9. The zero-order valence-corrected chi connectivity index (χ0v) is 13.9. The number of hydrogen-bond acceptors (Lipinski definition) is 3. The molecule has 0 aliphatic rings. The van der Waals surface area contributed by atoms with E-state index in [-0.39, 0.29) is 5.56 Å². The highest BCUT2D eigenvalue weighted by molar-refractivity contribution is 7.13. The zero-order valence-electron chi connectivity index (χ0n) is 13.1. The van der Waals surface area contributed by atoms with Crippen molar-refractivity contribution in [1.82, 2.24) is 4.57 Å². The van der Waals surface area contributed by atoms with Gasteiger partial charge in [-0.05, 0) is 43.8 Å². The van der Waals surface area contributed by atoms with Crippen molar-refractivity contribution < 1.29 is 0 Å². The molecule has 4 heteroatoms. The van der Waals surface area contributed by atoms with Crippen LogP contribution in [0.3, 0.4) is 0 Å².